The Kier molecular flexibility index (Phi) is 7.49. The fourth-order valence-corrected chi connectivity index (χ4v) is 4.81. The van der Waals surface area contributed by atoms with E-state index in [1.54, 1.807) is 18.3 Å². The number of rotatable bonds is 10. The minimum Gasteiger partial charge on any atom is -0.465 e. The standard InChI is InChI=1S/C24H28N6O3S/c1-4-21(23-26-27-28-30(23)15-22(31)33-5-2)29(14-19-7-6-10-34-19)13-18-12-17-11-16(3)8-9-20(17)25-24(18)32/h6-12,21H,4-5,13-15H2,1-3H3,(H,25,32)/t21-/m1/s1. The van der Waals surface area contributed by atoms with Crippen molar-refractivity contribution < 1.29 is 9.53 Å². The van der Waals surface area contributed by atoms with Crippen molar-refractivity contribution in [2.45, 2.75) is 52.9 Å². The van der Waals surface area contributed by atoms with Crippen LogP contribution in [0.4, 0.5) is 0 Å². The van der Waals surface area contributed by atoms with Gasteiger partial charge in [-0.25, -0.2) is 4.68 Å². The first-order valence-corrected chi connectivity index (χ1v) is 12.2. The molecule has 1 atom stereocenters. The SMILES string of the molecule is CCOC(=O)Cn1nnnc1[C@@H](CC)N(Cc1cccs1)Cc1cc2cc(C)ccc2[nH]c1=O. The monoisotopic (exact) mass is 480 g/mol. The number of nitrogens with one attached hydrogen (secondary N) is 1. The van der Waals surface area contributed by atoms with Crippen LogP contribution in [-0.4, -0.2) is 42.7 Å². The maximum absolute atomic E-state index is 13.0. The summed E-state index contributed by atoms with van der Waals surface area (Å²) in [5.41, 5.74) is 2.49. The third-order valence-corrected chi connectivity index (χ3v) is 6.52. The minimum atomic E-state index is -0.392. The molecule has 3 heterocycles. The molecule has 3 aromatic heterocycles. The van der Waals surface area contributed by atoms with Gasteiger partial charge in [-0.15, -0.1) is 16.4 Å². The number of pyridine rings is 1. The molecular weight excluding hydrogens is 452 g/mol. The molecule has 4 aromatic rings. The average Bonchev–Trinajstić information content (AvgIpc) is 3.48. The van der Waals surface area contributed by atoms with Crippen LogP contribution in [0.5, 0.6) is 0 Å². The molecule has 0 radical (unpaired) electrons. The van der Waals surface area contributed by atoms with Crippen LogP contribution < -0.4 is 5.56 Å². The molecule has 0 spiro atoms. The third-order valence-electron chi connectivity index (χ3n) is 5.66. The van der Waals surface area contributed by atoms with Crippen LogP contribution in [-0.2, 0) is 29.2 Å². The lowest BCUT2D eigenvalue weighted by molar-refractivity contribution is -0.144. The first kappa shape index (κ1) is 23.8. The van der Waals surface area contributed by atoms with E-state index in [0.29, 0.717) is 37.5 Å². The van der Waals surface area contributed by atoms with Crippen molar-refractivity contribution in [2.75, 3.05) is 6.61 Å². The Hall–Kier alpha value is -3.37. The zero-order valence-electron chi connectivity index (χ0n) is 19.5. The Bertz CT molecular complexity index is 1310. The van der Waals surface area contributed by atoms with Crippen LogP contribution in [0.3, 0.4) is 0 Å². The summed E-state index contributed by atoms with van der Waals surface area (Å²) in [4.78, 5) is 31.4. The van der Waals surface area contributed by atoms with Crippen molar-refractivity contribution in [2.24, 2.45) is 0 Å². The van der Waals surface area contributed by atoms with Gasteiger partial charge in [-0.3, -0.25) is 14.5 Å². The van der Waals surface area contributed by atoms with Gasteiger partial charge in [0, 0.05) is 29.0 Å². The highest BCUT2D eigenvalue weighted by molar-refractivity contribution is 7.09. The number of hydrogen-bond donors (Lipinski definition) is 1. The molecule has 34 heavy (non-hydrogen) atoms. The fraction of sp³-hybridized carbons (Fsp3) is 0.375. The van der Waals surface area contributed by atoms with Crippen LogP contribution in [0.1, 0.15) is 48.1 Å². The Labute approximate surface area is 201 Å². The van der Waals surface area contributed by atoms with Crippen LogP contribution in [0, 0.1) is 6.92 Å². The normalized spacial score (nSPS) is 12.4. The van der Waals surface area contributed by atoms with Gasteiger partial charge in [-0.1, -0.05) is 24.6 Å². The molecule has 0 amide bonds. The summed E-state index contributed by atoms with van der Waals surface area (Å²) in [6.45, 7) is 7.10. The second-order valence-electron chi connectivity index (χ2n) is 8.12. The van der Waals surface area contributed by atoms with Gasteiger partial charge >= 0.3 is 5.97 Å². The zero-order chi connectivity index (χ0) is 24.1. The van der Waals surface area contributed by atoms with Crippen molar-refractivity contribution in [1.29, 1.82) is 0 Å². The van der Waals surface area contributed by atoms with Gasteiger partial charge in [0.15, 0.2) is 5.82 Å². The third kappa shape index (κ3) is 5.40. The van der Waals surface area contributed by atoms with Gasteiger partial charge in [0.25, 0.3) is 5.56 Å². The summed E-state index contributed by atoms with van der Waals surface area (Å²) in [7, 11) is 0. The van der Waals surface area contributed by atoms with Gasteiger partial charge in [-0.2, -0.15) is 0 Å². The molecule has 10 heteroatoms. The quantitative estimate of drug-likeness (QED) is 0.346. The molecule has 0 unspecified atom stereocenters. The van der Waals surface area contributed by atoms with E-state index >= 15 is 0 Å². The maximum Gasteiger partial charge on any atom is 0.327 e. The number of fused-ring (bicyclic) bond motifs is 1. The van der Waals surface area contributed by atoms with E-state index in [1.165, 1.54) is 4.68 Å². The number of aromatic nitrogens is 5. The summed E-state index contributed by atoms with van der Waals surface area (Å²) in [6.07, 6.45) is 0.694. The molecule has 1 aromatic carbocycles. The lowest BCUT2D eigenvalue weighted by atomic mass is 10.1. The average molecular weight is 481 g/mol. The topological polar surface area (TPSA) is 106 Å². The molecule has 0 saturated heterocycles. The summed E-state index contributed by atoms with van der Waals surface area (Å²) >= 11 is 1.66. The van der Waals surface area contributed by atoms with E-state index in [2.05, 4.69) is 37.5 Å². The number of ether oxygens (including phenoxy) is 1. The summed E-state index contributed by atoms with van der Waals surface area (Å²) < 4.78 is 6.57. The molecule has 0 saturated carbocycles. The van der Waals surface area contributed by atoms with E-state index in [-0.39, 0.29) is 18.1 Å². The van der Waals surface area contributed by atoms with Crippen molar-refractivity contribution in [3.8, 4) is 0 Å². The number of aromatic amines is 1. The number of aryl methyl sites for hydroxylation is 1. The number of thiophene rings is 1. The molecule has 9 nitrogen and oxygen atoms in total. The van der Waals surface area contributed by atoms with Crippen LogP contribution >= 0.6 is 11.3 Å². The molecular formula is C24H28N6O3S. The number of nitrogens with zero attached hydrogens (tertiary/aromatic N) is 5. The first-order chi connectivity index (χ1) is 16.5. The fourth-order valence-electron chi connectivity index (χ4n) is 4.08. The van der Waals surface area contributed by atoms with Gasteiger partial charge in [0.05, 0.1) is 12.6 Å². The van der Waals surface area contributed by atoms with Crippen molar-refractivity contribution in [1.82, 2.24) is 30.1 Å². The summed E-state index contributed by atoms with van der Waals surface area (Å²) in [5.74, 6) is 0.178. The predicted molar refractivity (Wildman–Crippen MR) is 130 cm³/mol. The van der Waals surface area contributed by atoms with E-state index in [9.17, 15) is 9.59 Å². The van der Waals surface area contributed by atoms with Crippen molar-refractivity contribution in [3.05, 3.63) is 74.0 Å². The van der Waals surface area contributed by atoms with Crippen molar-refractivity contribution in [3.63, 3.8) is 0 Å². The van der Waals surface area contributed by atoms with Crippen LogP contribution in [0.25, 0.3) is 10.9 Å². The highest BCUT2D eigenvalue weighted by atomic mass is 32.1. The second-order valence-corrected chi connectivity index (χ2v) is 9.15. The molecule has 1 N–H and O–H groups in total. The minimum absolute atomic E-state index is 0.0602. The zero-order valence-corrected chi connectivity index (χ0v) is 20.3. The highest BCUT2D eigenvalue weighted by Crippen LogP contribution is 2.27. The van der Waals surface area contributed by atoms with Gasteiger partial charge in [-0.05, 0) is 65.7 Å². The lowest BCUT2D eigenvalue weighted by Gasteiger charge is -2.29. The first-order valence-electron chi connectivity index (χ1n) is 11.3. The molecule has 178 valence electrons. The van der Waals surface area contributed by atoms with Crippen molar-refractivity contribution >= 4 is 28.2 Å². The lowest BCUT2D eigenvalue weighted by Crippen LogP contribution is -2.32. The number of carbonyl (C=O) groups excluding carboxylic acids is 1. The van der Waals surface area contributed by atoms with Gasteiger partial charge < -0.3 is 9.72 Å². The van der Waals surface area contributed by atoms with E-state index in [4.69, 9.17) is 4.74 Å². The number of tetrazole rings is 1. The largest absolute Gasteiger partial charge is 0.465 e. The van der Waals surface area contributed by atoms with Crippen LogP contribution in [0.2, 0.25) is 0 Å². The number of carbonyl (C=O) groups is 1. The Morgan fingerprint density at radius 3 is 2.82 bits per heavy atom. The summed E-state index contributed by atoms with van der Waals surface area (Å²) in [6, 6.07) is 11.8. The smallest absolute Gasteiger partial charge is 0.327 e. The number of hydrogen-bond acceptors (Lipinski definition) is 8. The van der Waals surface area contributed by atoms with Gasteiger partial charge in [0.2, 0.25) is 0 Å². The van der Waals surface area contributed by atoms with E-state index in [1.807, 2.05) is 43.5 Å². The molecule has 0 aliphatic rings. The molecule has 4 rings (SSSR count). The Morgan fingerprint density at radius 1 is 1.24 bits per heavy atom. The molecule has 0 bridgehead atoms. The number of benzene rings is 1. The molecule has 0 aliphatic carbocycles. The molecule has 0 fully saturated rings. The highest BCUT2D eigenvalue weighted by Gasteiger charge is 2.27. The number of H-pyrrole nitrogens is 1. The maximum atomic E-state index is 13.0. The Balaban J connectivity index is 1.70. The summed E-state index contributed by atoms with van der Waals surface area (Å²) in [5, 5.41) is 15.1. The van der Waals surface area contributed by atoms with Crippen LogP contribution in [0.15, 0.2) is 46.6 Å². The predicted octanol–water partition coefficient (Wildman–Crippen LogP) is 3.60. The second kappa shape index (κ2) is 10.7. The number of esters is 1. The van der Waals surface area contributed by atoms with E-state index < -0.39 is 5.97 Å². The van der Waals surface area contributed by atoms with E-state index in [0.717, 1.165) is 21.3 Å². The van der Waals surface area contributed by atoms with Gasteiger partial charge in [0.1, 0.15) is 6.54 Å². The Morgan fingerprint density at radius 2 is 2.09 bits per heavy atom. The molecule has 0 aliphatic heterocycles.